The molecule has 1 aliphatic carbocycles. The average molecular weight is 241 g/mol. The van der Waals surface area contributed by atoms with Gasteiger partial charge in [0, 0.05) is 11.6 Å². The summed E-state index contributed by atoms with van der Waals surface area (Å²) in [5.74, 6) is 7.40. The van der Waals surface area contributed by atoms with Gasteiger partial charge in [0.05, 0.1) is 0 Å². The first-order valence-corrected chi connectivity index (χ1v) is 7.06. The first kappa shape index (κ1) is 14.9. The molecule has 1 unspecified atom stereocenters. The first-order chi connectivity index (χ1) is 7.92. The monoisotopic (exact) mass is 241 g/mol. The van der Waals surface area contributed by atoms with Gasteiger partial charge in [-0.3, -0.25) is 11.3 Å². The van der Waals surface area contributed by atoms with Gasteiger partial charge in [-0.15, -0.1) is 0 Å². The van der Waals surface area contributed by atoms with Gasteiger partial charge in [0.2, 0.25) is 0 Å². The van der Waals surface area contributed by atoms with E-state index in [4.69, 9.17) is 5.84 Å². The van der Waals surface area contributed by atoms with E-state index in [0.717, 1.165) is 12.3 Å². The van der Waals surface area contributed by atoms with Gasteiger partial charge in [0.1, 0.15) is 0 Å². The zero-order valence-corrected chi connectivity index (χ0v) is 12.3. The van der Waals surface area contributed by atoms with Crippen LogP contribution in [-0.4, -0.2) is 30.6 Å². The van der Waals surface area contributed by atoms with Crippen LogP contribution >= 0.6 is 0 Å². The topological polar surface area (TPSA) is 41.3 Å². The van der Waals surface area contributed by atoms with Crippen LogP contribution in [0.25, 0.3) is 0 Å². The highest BCUT2D eigenvalue weighted by Gasteiger charge is 2.42. The lowest BCUT2D eigenvalue weighted by Gasteiger charge is -2.50. The van der Waals surface area contributed by atoms with Crippen LogP contribution in [0.3, 0.4) is 0 Å². The molecule has 1 saturated carbocycles. The third-order valence-corrected chi connectivity index (χ3v) is 4.59. The predicted molar refractivity (Wildman–Crippen MR) is 74.6 cm³/mol. The van der Waals surface area contributed by atoms with Crippen LogP contribution in [0.15, 0.2) is 0 Å². The lowest BCUT2D eigenvalue weighted by molar-refractivity contribution is 0.0360. The van der Waals surface area contributed by atoms with E-state index in [0.29, 0.717) is 12.0 Å². The molecule has 1 aliphatic rings. The highest BCUT2D eigenvalue weighted by Crippen LogP contribution is 2.39. The fraction of sp³-hybridized carbons (Fsp3) is 1.00. The molecular formula is C14H31N3. The second-order valence-electron chi connectivity index (χ2n) is 6.53. The van der Waals surface area contributed by atoms with Crippen molar-refractivity contribution >= 4 is 0 Å². The molecule has 102 valence electrons. The molecule has 3 heteroatoms. The van der Waals surface area contributed by atoms with E-state index in [9.17, 15) is 0 Å². The van der Waals surface area contributed by atoms with Crippen LogP contribution in [0.2, 0.25) is 0 Å². The molecule has 0 aromatic heterocycles. The van der Waals surface area contributed by atoms with Crippen molar-refractivity contribution in [3.8, 4) is 0 Å². The van der Waals surface area contributed by atoms with Crippen molar-refractivity contribution in [1.29, 1.82) is 0 Å². The Balaban J connectivity index is 2.82. The Bertz CT molecular complexity index is 218. The molecule has 1 atom stereocenters. The Kier molecular flexibility index (Phi) is 5.42. The van der Waals surface area contributed by atoms with Crippen LogP contribution in [0, 0.1) is 11.8 Å². The number of hydrogen-bond donors (Lipinski definition) is 2. The van der Waals surface area contributed by atoms with Crippen molar-refractivity contribution in [3.63, 3.8) is 0 Å². The summed E-state index contributed by atoms with van der Waals surface area (Å²) in [6, 6.07) is 0.407. The minimum atomic E-state index is 0.255. The van der Waals surface area contributed by atoms with E-state index >= 15 is 0 Å². The molecule has 0 spiro atoms. The summed E-state index contributed by atoms with van der Waals surface area (Å²) in [5, 5.41) is 0. The summed E-state index contributed by atoms with van der Waals surface area (Å²) >= 11 is 0. The van der Waals surface area contributed by atoms with Gasteiger partial charge in [-0.2, -0.15) is 0 Å². The number of nitrogens with two attached hydrogens (primary N) is 1. The largest absolute Gasteiger partial charge is 0.302 e. The zero-order valence-electron chi connectivity index (χ0n) is 12.3. The second-order valence-corrected chi connectivity index (χ2v) is 6.53. The molecule has 1 rings (SSSR count). The fourth-order valence-electron chi connectivity index (χ4n) is 3.28. The van der Waals surface area contributed by atoms with Gasteiger partial charge in [0.15, 0.2) is 0 Å². The molecule has 0 saturated heterocycles. The number of likely N-dealkylation sites (N-methyl/N-ethyl adjacent to an activating group) is 1. The van der Waals surface area contributed by atoms with Gasteiger partial charge >= 0.3 is 0 Å². The molecule has 0 aliphatic heterocycles. The molecule has 0 aromatic carbocycles. The molecule has 0 aromatic rings. The Hall–Kier alpha value is -0.120. The van der Waals surface area contributed by atoms with Crippen molar-refractivity contribution in [3.05, 3.63) is 0 Å². The van der Waals surface area contributed by atoms with Gasteiger partial charge in [0.25, 0.3) is 0 Å². The number of rotatable bonds is 5. The summed E-state index contributed by atoms with van der Waals surface area (Å²) in [7, 11) is 4.42. The van der Waals surface area contributed by atoms with E-state index in [1.807, 2.05) is 0 Å². The molecule has 0 radical (unpaired) electrons. The van der Waals surface area contributed by atoms with Crippen molar-refractivity contribution in [1.82, 2.24) is 10.3 Å². The maximum absolute atomic E-state index is 5.83. The van der Waals surface area contributed by atoms with Crippen molar-refractivity contribution < 1.29 is 0 Å². The number of hydrogen-bond acceptors (Lipinski definition) is 3. The summed E-state index contributed by atoms with van der Waals surface area (Å²) in [6.45, 7) is 6.92. The van der Waals surface area contributed by atoms with E-state index < -0.39 is 0 Å². The summed E-state index contributed by atoms with van der Waals surface area (Å²) in [6.07, 6.45) is 6.34. The minimum Gasteiger partial charge on any atom is -0.302 e. The van der Waals surface area contributed by atoms with Crippen LogP contribution in [-0.2, 0) is 0 Å². The smallest absolute Gasteiger partial charge is 0.0396 e. The van der Waals surface area contributed by atoms with E-state index in [-0.39, 0.29) is 5.54 Å². The van der Waals surface area contributed by atoms with Gasteiger partial charge in [-0.25, -0.2) is 0 Å². The lowest BCUT2D eigenvalue weighted by Crippen LogP contribution is -2.62. The minimum absolute atomic E-state index is 0.255. The molecule has 1 fully saturated rings. The van der Waals surface area contributed by atoms with Crippen molar-refractivity contribution in [2.24, 2.45) is 17.7 Å². The van der Waals surface area contributed by atoms with Crippen LogP contribution < -0.4 is 11.3 Å². The zero-order chi connectivity index (χ0) is 13.1. The van der Waals surface area contributed by atoms with Crippen LogP contribution in [0.4, 0.5) is 0 Å². The summed E-state index contributed by atoms with van der Waals surface area (Å²) < 4.78 is 0. The fourth-order valence-corrected chi connectivity index (χ4v) is 3.28. The van der Waals surface area contributed by atoms with Crippen molar-refractivity contribution in [2.75, 3.05) is 14.1 Å². The highest BCUT2D eigenvalue weighted by molar-refractivity contribution is 5.00. The Morgan fingerprint density at radius 3 is 2.18 bits per heavy atom. The maximum Gasteiger partial charge on any atom is 0.0396 e. The molecule has 17 heavy (non-hydrogen) atoms. The number of nitrogens with one attached hydrogen (secondary N) is 1. The van der Waals surface area contributed by atoms with Gasteiger partial charge in [-0.05, 0) is 58.0 Å². The van der Waals surface area contributed by atoms with Gasteiger partial charge in [-0.1, -0.05) is 20.8 Å². The molecule has 0 amide bonds. The number of hydrazine groups is 1. The quantitative estimate of drug-likeness (QED) is 0.573. The average Bonchev–Trinajstić information content (AvgIpc) is 2.27. The summed E-state index contributed by atoms with van der Waals surface area (Å²) in [5.41, 5.74) is 3.35. The predicted octanol–water partition coefficient (Wildman–Crippen LogP) is 2.37. The first-order valence-electron chi connectivity index (χ1n) is 7.06. The van der Waals surface area contributed by atoms with Crippen molar-refractivity contribution in [2.45, 2.75) is 64.5 Å². The lowest BCUT2D eigenvalue weighted by atomic mass is 9.70. The standard InChI is InChI=1S/C14H31N3/c1-11(2)10-13(16-15)14(17(4)5)8-6-12(3)7-9-14/h11-13,16H,6-10,15H2,1-5H3. The normalized spacial score (nSPS) is 32.1. The third-order valence-electron chi connectivity index (χ3n) is 4.59. The van der Waals surface area contributed by atoms with Gasteiger partial charge < -0.3 is 4.90 Å². The number of nitrogens with zero attached hydrogens (tertiary/aromatic N) is 1. The van der Waals surface area contributed by atoms with E-state index in [1.165, 1.54) is 25.7 Å². The molecule has 3 nitrogen and oxygen atoms in total. The molecule has 3 N–H and O–H groups in total. The Morgan fingerprint density at radius 1 is 1.29 bits per heavy atom. The Morgan fingerprint density at radius 2 is 1.82 bits per heavy atom. The molecule has 0 heterocycles. The molecular weight excluding hydrogens is 210 g/mol. The maximum atomic E-state index is 5.83. The third kappa shape index (κ3) is 3.43. The Labute approximate surface area is 107 Å². The van der Waals surface area contributed by atoms with E-state index in [1.54, 1.807) is 0 Å². The highest BCUT2D eigenvalue weighted by atomic mass is 15.3. The summed E-state index contributed by atoms with van der Waals surface area (Å²) in [4.78, 5) is 2.41. The second kappa shape index (κ2) is 6.17. The van der Waals surface area contributed by atoms with E-state index in [2.05, 4.69) is 45.2 Å². The SMILES string of the molecule is CC(C)CC(NN)C1(N(C)C)CCC(C)CC1. The van der Waals surface area contributed by atoms with Crippen LogP contribution in [0.5, 0.6) is 0 Å². The molecule has 0 bridgehead atoms. The van der Waals surface area contributed by atoms with Crippen LogP contribution in [0.1, 0.15) is 52.9 Å².